The minimum absolute atomic E-state index is 0.124. The van der Waals surface area contributed by atoms with Gasteiger partial charge in [-0.2, -0.15) is 0 Å². The molecule has 3 nitrogen and oxygen atoms in total. The number of pyridine rings is 1. The van der Waals surface area contributed by atoms with Crippen LogP contribution >= 0.6 is 11.3 Å². The van der Waals surface area contributed by atoms with Crippen molar-refractivity contribution in [1.29, 1.82) is 0 Å². The Morgan fingerprint density at radius 3 is 2.93 bits per heavy atom. The number of thiophene rings is 1. The van der Waals surface area contributed by atoms with E-state index in [1.165, 1.54) is 0 Å². The van der Waals surface area contributed by atoms with E-state index in [2.05, 4.69) is 0 Å². The van der Waals surface area contributed by atoms with Gasteiger partial charge in [0.2, 0.25) is 0 Å². The highest BCUT2D eigenvalue weighted by Crippen LogP contribution is 2.09. The zero-order chi connectivity index (χ0) is 9.97. The molecule has 0 aliphatic rings. The van der Waals surface area contributed by atoms with E-state index in [0.717, 1.165) is 4.88 Å². The van der Waals surface area contributed by atoms with Crippen LogP contribution in [-0.4, -0.2) is 4.57 Å². The molecule has 0 bridgehead atoms. The van der Waals surface area contributed by atoms with Gasteiger partial charge >= 0.3 is 0 Å². The molecule has 0 atom stereocenters. The van der Waals surface area contributed by atoms with Gasteiger partial charge in [-0.1, -0.05) is 6.07 Å². The Morgan fingerprint density at radius 2 is 2.21 bits per heavy atom. The maximum atomic E-state index is 11.5. The van der Waals surface area contributed by atoms with Crippen LogP contribution in [0.4, 0.5) is 5.69 Å². The van der Waals surface area contributed by atoms with Gasteiger partial charge in [-0.3, -0.25) is 4.79 Å². The molecule has 72 valence electrons. The molecule has 0 saturated heterocycles. The third kappa shape index (κ3) is 1.70. The van der Waals surface area contributed by atoms with Gasteiger partial charge in [0, 0.05) is 11.1 Å². The predicted octanol–water partition coefficient (Wildman–Crippen LogP) is 1.54. The first-order valence-corrected chi connectivity index (χ1v) is 5.12. The van der Waals surface area contributed by atoms with Gasteiger partial charge in [0.05, 0.1) is 12.2 Å². The van der Waals surface area contributed by atoms with Gasteiger partial charge in [-0.25, -0.2) is 0 Å². The first kappa shape index (κ1) is 9.02. The summed E-state index contributed by atoms with van der Waals surface area (Å²) < 4.78 is 1.61. The molecule has 4 heteroatoms. The van der Waals surface area contributed by atoms with E-state index in [-0.39, 0.29) is 5.56 Å². The third-order valence-electron chi connectivity index (χ3n) is 1.96. The fourth-order valence-electron chi connectivity index (χ4n) is 1.25. The van der Waals surface area contributed by atoms with Gasteiger partial charge in [0.25, 0.3) is 5.56 Å². The van der Waals surface area contributed by atoms with E-state index < -0.39 is 0 Å². The van der Waals surface area contributed by atoms with Crippen LogP contribution in [0, 0.1) is 0 Å². The summed E-state index contributed by atoms with van der Waals surface area (Å²) in [6.07, 6.45) is 1.75. The summed E-state index contributed by atoms with van der Waals surface area (Å²) in [5.41, 5.74) is 5.69. The number of hydrogen-bond donors (Lipinski definition) is 1. The maximum Gasteiger partial charge on any atom is 0.273 e. The molecule has 2 heterocycles. The Kier molecular flexibility index (Phi) is 2.37. The van der Waals surface area contributed by atoms with E-state index in [0.29, 0.717) is 12.2 Å². The van der Waals surface area contributed by atoms with E-state index in [1.54, 1.807) is 34.2 Å². The molecule has 2 aromatic heterocycles. The number of rotatable bonds is 2. The van der Waals surface area contributed by atoms with Crippen LogP contribution in [0.5, 0.6) is 0 Å². The molecule has 0 saturated carbocycles. The third-order valence-corrected chi connectivity index (χ3v) is 2.82. The SMILES string of the molecule is Nc1cccn(Cc2cccs2)c1=O. The molecule has 0 spiro atoms. The Morgan fingerprint density at radius 1 is 1.36 bits per heavy atom. The minimum Gasteiger partial charge on any atom is -0.394 e. The number of nitrogens with two attached hydrogens (primary N) is 1. The lowest BCUT2D eigenvalue weighted by Crippen LogP contribution is -2.21. The number of aromatic nitrogens is 1. The van der Waals surface area contributed by atoms with Crippen molar-refractivity contribution in [2.75, 3.05) is 5.73 Å². The maximum absolute atomic E-state index is 11.5. The van der Waals surface area contributed by atoms with Crippen molar-refractivity contribution in [1.82, 2.24) is 4.57 Å². The van der Waals surface area contributed by atoms with Crippen LogP contribution in [0.2, 0.25) is 0 Å². The molecule has 0 unspecified atom stereocenters. The van der Waals surface area contributed by atoms with Crippen LogP contribution in [0.25, 0.3) is 0 Å². The summed E-state index contributed by atoms with van der Waals surface area (Å²) in [5, 5.41) is 1.99. The van der Waals surface area contributed by atoms with Crippen LogP contribution < -0.4 is 11.3 Å². The molecule has 0 fully saturated rings. The van der Waals surface area contributed by atoms with E-state index in [1.807, 2.05) is 17.5 Å². The molecule has 2 N–H and O–H groups in total. The van der Waals surface area contributed by atoms with E-state index in [4.69, 9.17) is 5.73 Å². The smallest absolute Gasteiger partial charge is 0.273 e. The second-order valence-electron chi connectivity index (χ2n) is 2.98. The lowest BCUT2D eigenvalue weighted by Gasteiger charge is -2.03. The second kappa shape index (κ2) is 3.67. The standard InChI is InChI=1S/C10H10N2OS/c11-9-4-1-5-12(10(9)13)7-8-3-2-6-14-8/h1-6H,7,11H2. The highest BCUT2D eigenvalue weighted by Gasteiger charge is 2.00. The Balaban J connectivity index is 2.34. The van der Waals surface area contributed by atoms with Gasteiger partial charge in [0.1, 0.15) is 0 Å². The molecular formula is C10H10N2OS. The first-order valence-electron chi connectivity index (χ1n) is 4.24. The van der Waals surface area contributed by atoms with Crippen molar-refractivity contribution in [3.8, 4) is 0 Å². The Bertz CT molecular complexity index is 473. The average molecular weight is 206 g/mol. The van der Waals surface area contributed by atoms with Gasteiger partial charge in [-0.05, 0) is 23.6 Å². The average Bonchev–Trinajstić information content (AvgIpc) is 2.66. The number of nitrogen functional groups attached to an aromatic ring is 1. The van der Waals surface area contributed by atoms with E-state index in [9.17, 15) is 4.79 Å². The summed E-state index contributed by atoms with van der Waals surface area (Å²) >= 11 is 1.63. The van der Waals surface area contributed by atoms with E-state index >= 15 is 0 Å². The highest BCUT2D eigenvalue weighted by molar-refractivity contribution is 7.09. The molecule has 0 aliphatic carbocycles. The van der Waals surface area contributed by atoms with Crippen LogP contribution in [0.15, 0.2) is 40.6 Å². The monoisotopic (exact) mass is 206 g/mol. The molecule has 2 rings (SSSR count). The lowest BCUT2D eigenvalue weighted by molar-refractivity contribution is 0.773. The predicted molar refractivity (Wildman–Crippen MR) is 58.5 cm³/mol. The second-order valence-corrected chi connectivity index (χ2v) is 4.01. The zero-order valence-electron chi connectivity index (χ0n) is 7.51. The quantitative estimate of drug-likeness (QED) is 0.810. The highest BCUT2D eigenvalue weighted by atomic mass is 32.1. The van der Waals surface area contributed by atoms with Gasteiger partial charge in [0.15, 0.2) is 0 Å². The van der Waals surface area contributed by atoms with Gasteiger partial charge < -0.3 is 10.3 Å². The number of hydrogen-bond acceptors (Lipinski definition) is 3. The normalized spacial score (nSPS) is 10.3. The first-order chi connectivity index (χ1) is 6.77. The summed E-state index contributed by atoms with van der Waals surface area (Å²) in [6, 6.07) is 7.37. The summed E-state index contributed by atoms with van der Waals surface area (Å²) in [5.74, 6) is 0. The Hall–Kier alpha value is -1.55. The summed E-state index contributed by atoms with van der Waals surface area (Å²) in [6.45, 7) is 0.599. The topological polar surface area (TPSA) is 48.0 Å². The van der Waals surface area contributed by atoms with Crippen molar-refractivity contribution in [2.45, 2.75) is 6.54 Å². The molecule has 0 aromatic carbocycles. The summed E-state index contributed by atoms with van der Waals surface area (Å²) in [7, 11) is 0. The number of nitrogens with zero attached hydrogens (tertiary/aromatic N) is 1. The molecular weight excluding hydrogens is 196 g/mol. The van der Waals surface area contributed by atoms with Crippen molar-refractivity contribution >= 4 is 17.0 Å². The Labute approximate surface area is 85.4 Å². The molecule has 0 amide bonds. The fraction of sp³-hybridized carbons (Fsp3) is 0.100. The van der Waals surface area contributed by atoms with Crippen LogP contribution in [0.1, 0.15) is 4.88 Å². The van der Waals surface area contributed by atoms with Gasteiger partial charge in [-0.15, -0.1) is 11.3 Å². The molecule has 0 aliphatic heterocycles. The minimum atomic E-state index is -0.124. The molecule has 14 heavy (non-hydrogen) atoms. The van der Waals surface area contributed by atoms with Crippen molar-refractivity contribution in [3.05, 3.63) is 51.1 Å². The lowest BCUT2D eigenvalue weighted by atomic mass is 10.4. The number of anilines is 1. The molecule has 2 aromatic rings. The molecule has 0 radical (unpaired) electrons. The van der Waals surface area contributed by atoms with Crippen LogP contribution in [-0.2, 0) is 6.54 Å². The van der Waals surface area contributed by atoms with Crippen molar-refractivity contribution in [2.24, 2.45) is 0 Å². The van der Waals surface area contributed by atoms with Crippen molar-refractivity contribution < 1.29 is 0 Å². The van der Waals surface area contributed by atoms with Crippen LogP contribution in [0.3, 0.4) is 0 Å². The largest absolute Gasteiger partial charge is 0.394 e. The van der Waals surface area contributed by atoms with Crippen molar-refractivity contribution in [3.63, 3.8) is 0 Å². The zero-order valence-corrected chi connectivity index (χ0v) is 8.33. The fourth-order valence-corrected chi connectivity index (χ4v) is 1.95. The summed E-state index contributed by atoms with van der Waals surface area (Å²) in [4.78, 5) is 12.7.